The predicted molar refractivity (Wildman–Crippen MR) is 68.5 cm³/mol. The van der Waals surface area contributed by atoms with Crippen molar-refractivity contribution in [3.05, 3.63) is 35.4 Å². The Balaban J connectivity index is 2.90. The van der Waals surface area contributed by atoms with E-state index in [1.165, 1.54) is 0 Å². The van der Waals surface area contributed by atoms with Crippen molar-refractivity contribution in [1.82, 2.24) is 9.80 Å². The predicted octanol–water partition coefficient (Wildman–Crippen LogP) is 1.05. The van der Waals surface area contributed by atoms with Gasteiger partial charge in [-0.1, -0.05) is 0 Å². The Morgan fingerprint density at radius 2 is 1.80 bits per heavy atom. The number of carbonyl (C=O) groups is 2. The molecule has 0 aliphatic carbocycles. The highest BCUT2D eigenvalue weighted by atomic mass is 19.2. The van der Waals surface area contributed by atoms with Crippen molar-refractivity contribution in [3.63, 3.8) is 0 Å². The van der Waals surface area contributed by atoms with Gasteiger partial charge in [0.25, 0.3) is 5.91 Å². The molecule has 0 radical (unpaired) electrons. The topological polar surface area (TPSA) is 60.9 Å². The highest BCUT2D eigenvalue weighted by Crippen LogP contribution is 2.11. The molecule has 1 N–H and O–H groups in total. The van der Waals surface area contributed by atoms with Crippen LogP contribution in [0.2, 0.25) is 0 Å². The van der Waals surface area contributed by atoms with Crippen molar-refractivity contribution >= 4 is 11.9 Å². The van der Waals surface area contributed by atoms with Gasteiger partial charge in [0.05, 0.1) is 0 Å². The number of likely N-dealkylation sites (N-methyl/N-ethyl adjacent to an activating group) is 1. The molecule has 0 aliphatic heterocycles. The standard InChI is InChI=1S/C13H16F2N2O3/c1-16(2)5-6-17(8-12(18)19)13(20)9-3-4-10(14)11(15)7-9/h3-4,7H,5-6,8H2,1-2H3,(H,18,19). The van der Waals surface area contributed by atoms with E-state index >= 15 is 0 Å². The van der Waals surface area contributed by atoms with Crippen LogP contribution in [-0.4, -0.2) is 60.5 Å². The van der Waals surface area contributed by atoms with Crippen molar-refractivity contribution in [3.8, 4) is 0 Å². The van der Waals surface area contributed by atoms with Crippen LogP contribution in [0.15, 0.2) is 18.2 Å². The lowest BCUT2D eigenvalue weighted by Crippen LogP contribution is -2.40. The minimum atomic E-state index is -1.17. The summed E-state index contributed by atoms with van der Waals surface area (Å²) in [5, 5.41) is 8.80. The maximum absolute atomic E-state index is 13.1. The Bertz CT molecular complexity index is 506. The molecule has 0 aliphatic rings. The molecular weight excluding hydrogens is 270 g/mol. The molecule has 0 aromatic heterocycles. The number of carboxylic acids is 1. The van der Waals surface area contributed by atoms with Gasteiger partial charge in [-0.2, -0.15) is 0 Å². The zero-order valence-electron chi connectivity index (χ0n) is 11.3. The first kappa shape index (κ1) is 16.0. The van der Waals surface area contributed by atoms with Gasteiger partial charge in [-0.05, 0) is 32.3 Å². The van der Waals surface area contributed by atoms with E-state index in [4.69, 9.17) is 5.11 Å². The second-order valence-electron chi connectivity index (χ2n) is 4.55. The Morgan fingerprint density at radius 3 is 2.30 bits per heavy atom. The van der Waals surface area contributed by atoms with E-state index in [1.54, 1.807) is 19.0 Å². The molecule has 0 spiro atoms. The Kier molecular flexibility index (Phi) is 5.57. The van der Waals surface area contributed by atoms with Crippen molar-refractivity contribution in [2.75, 3.05) is 33.7 Å². The molecule has 0 bridgehead atoms. The molecule has 0 unspecified atom stereocenters. The van der Waals surface area contributed by atoms with Crippen molar-refractivity contribution in [2.24, 2.45) is 0 Å². The molecule has 0 saturated carbocycles. The summed E-state index contributed by atoms with van der Waals surface area (Å²) >= 11 is 0. The van der Waals surface area contributed by atoms with Crippen LogP contribution in [-0.2, 0) is 4.79 Å². The van der Waals surface area contributed by atoms with E-state index in [2.05, 4.69) is 0 Å². The lowest BCUT2D eigenvalue weighted by molar-refractivity contribution is -0.137. The summed E-state index contributed by atoms with van der Waals surface area (Å²) in [4.78, 5) is 25.7. The van der Waals surface area contributed by atoms with E-state index in [-0.39, 0.29) is 12.1 Å². The second-order valence-corrected chi connectivity index (χ2v) is 4.55. The molecule has 1 amide bonds. The smallest absolute Gasteiger partial charge is 0.323 e. The van der Waals surface area contributed by atoms with E-state index in [1.807, 2.05) is 0 Å². The van der Waals surface area contributed by atoms with Gasteiger partial charge >= 0.3 is 5.97 Å². The quantitative estimate of drug-likeness (QED) is 0.849. The van der Waals surface area contributed by atoms with Gasteiger partial charge in [-0.15, -0.1) is 0 Å². The molecule has 0 atom stereocenters. The van der Waals surface area contributed by atoms with E-state index in [0.29, 0.717) is 6.54 Å². The van der Waals surface area contributed by atoms with Crippen LogP contribution in [0.25, 0.3) is 0 Å². The average molecular weight is 286 g/mol. The van der Waals surface area contributed by atoms with Crippen LogP contribution in [0, 0.1) is 11.6 Å². The van der Waals surface area contributed by atoms with Crippen molar-refractivity contribution < 1.29 is 23.5 Å². The number of nitrogens with zero attached hydrogens (tertiary/aromatic N) is 2. The SMILES string of the molecule is CN(C)CCN(CC(=O)O)C(=O)c1ccc(F)c(F)c1. The van der Waals surface area contributed by atoms with E-state index in [9.17, 15) is 18.4 Å². The third-order valence-corrected chi connectivity index (χ3v) is 2.60. The number of halogens is 2. The summed E-state index contributed by atoms with van der Waals surface area (Å²) in [7, 11) is 3.56. The Labute approximate surface area is 115 Å². The van der Waals surface area contributed by atoms with Crippen molar-refractivity contribution in [2.45, 2.75) is 0 Å². The fourth-order valence-electron chi connectivity index (χ4n) is 1.55. The van der Waals surface area contributed by atoms with Gasteiger partial charge < -0.3 is 14.9 Å². The molecule has 1 aromatic carbocycles. The summed E-state index contributed by atoms with van der Waals surface area (Å²) in [6, 6.07) is 2.74. The molecule has 0 saturated heterocycles. The van der Waals surface area contributed by atoms with Gasteiger partial charge in [0.2, 0.25) is 0 Å². The first-order valence-electron chi connectivity index (χ1n) is 5.92. The number of benzene rings is 1. The Morgan fingerprint density at radius 1 is 1.15 bits per heavy atom. The number of aliphatic carboxylic acids is 1. The Hall–Kier alpha value is -2.02. The number of hydrogen-bond donors (Lipinski definition) is 1. The molecule has 0 heterocycles. The summed E-state index contributed by atoms with van der Waals surface area (Å²) in [5.41, 5.74) is -0.0797. The van der Waals surface area contributed by atoms with E-state index < -0.39 is 30.1 Å². The fraction of sp³-hybridized carbons (Fsp3) is 0.385. The second kappa shape index (κ2) is 6.95. The van der Waals surface area contributed by atoms with Gasteiger partial charge in [0, 0.05) is 18.7 Å². The zero-order chi connectivity index (χ0) is 15.3. The molecule has 7 heteroatoms. The zero-order valence-corrected chi connectivity index (χ0v) is 11.3. The number of hydrogen-bond acceptors (Lipinski definition) is 3. The molecular formula is C13H16F2N2O3. The molecule has 20 heavy (non-hydrogen) atoms. The van der Waals surface area contributed by atoms with Gasteiger partial charge in [-0.3, -0.25) is 9.59 Å². The van der Waals surface area contributed by atoms with Crippen LogP contribution < -0.4 is 0 Å². The number of amides is 1. The minimum absolute atomic E-state index is 0.0797. The number of carbonyl (C=O) groups excluding carboxylic acids is 1. The molecule has 1 rings (SSSR count). The highest BCUT2D eigenvalue weighted by molar-refractivity contribution is 5.95. The fourth-order valence-corrected chi connectivity index (χ4v) is 1.55. The number of carboxylic acid groups (broad SMARTS) is 1. The summed E-state index contributed by atoms with van der Waals surface area (Å²) in [6.45, 7) is 0.144. The van der Waals surface area contributed by atoms with Crippen LogP contribution in [0.1, 0.15) is 10.4 Å². The molecule has 5 nitrogen and oxygen atoms in total. The summed E-state index contributed by atoms with van der Waals surface area (Å²) in [5.74, 6) is -4.01. The lowest BCUT2D eigenvalue weighted by atomic mass is 10.2. The summed E-state index contributed by atoms with van der Waals surface area (Å²) < 4.78 is 25.9. The van der Waals surface area contributed by atoms with Crippen LogP contribution in [0.4, 0.5) is 8.78 Å². The maximum Gasteiger partial charge on any atom is 0.323 e. The third-order valence-electron chi connectivity index (χ3n) is 2.60. The van der Waals surface area contributed by atoms with Gasteiger partial charge in [-0.25, -0.2) is 8.78 Å². The first-order valence-corrected chi connectivity index (χ1v) is 5.92. The largest absolute Gasteiger partial charge is 0.480 e. The molecule has 0 fully saturated rings. The number of rotatable bonds is 6. The molecule has 110 valence electrons. The third kappa shape index (κ3) is 4.58. The minimum Gasteiger partial charge on any atom is -0.480 e. The normalized spacial score (nSPS) is 10.7. The molecule has 1 aromatic rings. The summed E-state index contributed by atoms with van der Waals surface area (Å²) in [6.07, 6.45) is 0. The average Bonchev–Trinajstić information content (AvgIpc) is 2.36. The highest BCUT2D eigenvalue weighted by Gasteiger charge is 2.19. The van der Waals surface area contributed by atoms with Crippen LogP contribution in [0.3, 0.4) is 0 Å². The van der Waals surface area contributed by atoms with Gasteiger partial charge in [0.1, 0.15) is 6.54 Å². The van der Waals surface area contributed by atoms with Crippen LogP contribution >= 0.6 is 0 Å². The maximum atomic E-state index is 13.1. The van der Waals surface area contributed by atoms with E-state index in [0.717, 1.165) is 23.1 Å². The lowest BCUT2D eigenvalue weighted by Gasteiger charge is -2.22. The van der Waals surface area contributed by atoms with Crippen LogP contribution in [0.5, 0.6) is 0 Å². The van der Waals surface area contributed by atoms with Crippen molar-refractivity contribution in [1.29, 1.82) is 0 Å². The monoisotopic (exact) mass is 286 g/mol. The first-order chi connectivity index (χ1) is 9.31. The van der Waals surface area contributed by atoms with Gasteiger partial charge in [0.15, 0.2) is 11.6 Å².